The van der Waals surface area contributed by atoms with Crippen LogP contribution in [0, 0.1) is 0 Å². The first kappa shape index (κ1) is 9.86. The number of hydrogen-bond acceptors (Lipinski definition) is 2. The van der Waals surface area contributed by atoms with E-state index in [1.165, 1.54) is 10.7 Å². The van der Waals surface area contributed by atoms with Gasteiger partial charge in [0, 0.05) is 11.1 Å². The zero-order valence-electron chi connectivity index (χ0n) is 7.90. The Bertz CT molecular complexity index is 512. The van der Waals surface area contributed by atoms with Crippen LogP contribution in [0.4, 0.5) is 5.82 Å². The van der Waals surface area contributed by atoms with Crippen LogP contribution >= 0.6 is 11.6 Å². The maximum atomic E-state index is 11.3. The summed E-state index contributed by atoms with van der Waals surface area (Å²) >= 11 is 5.75. The number of H-pyrrole nitrogens is 1. The van der Waals surface area contributed by atoms with Gasteiger partial charge >= 0.3 is 0 Å². The topological polar surface area (TPSA) is 63.8 Å². The molecule has 0 unspecified atom stereocenters. The van der Waals surface area contributed by atoms with Crippen molar-refractivity contribution in [3.63, 3.8) is 0 Å². The summed E-state index contributed by atoms with van der Waals surface area (Å²) in [7, 11) is 0. The minimum absolute atomic E-state index is 0.137. The minimum Gasteiger partial charge on any atom is -0.384 e. The Morgan fingerprint density at radius 3 is 2.53 bits per heavy atom. The van der Waals surface area contributed by atoms with Crippen molar-refractivity contribution < 1.29 is 0 Å². The molecule has 0 aliphatic carbocycles. The molecule has 0 atom stereocenters. The molecule has 2 aromatic rings. The number of nitrogens with two attached hydrogens (primary N) is 1. The Kier molecular flexibility index (Phi) is 2.51. The van der Waals surface area contributed by atoms with E-state index in [2.05, 4.69) is 5.10 Å². The summed E-state index contributed by atoms with van der Waals surface area (Å²) in [4.78, 5) is 11.3. The summed E-state index contributed by atoms with van der Waals surface area (Å²) in [5.41, 5.74) is 6.31. The largest absolute Gasteiger partial charge is 0.384 e. The Morgan fingerprint density at radius 2 is 2.00 bits per heavy atom. The molecule has 3 N–H and O–H groups in total. The van der Waals surface area contributed by atoms with Crippen LogP contribution in [-0.2, 0) is 6.54 Å². The third-order valence-electron chi connectivity index (χ3n) is 2.06. The SMILES string of the molecule is Nc1cc(=O)n(Cc2ccc(Cl)cc2)[nH]1. The van der Waals surface area contributed by atoms with Gasteiger partial charge in [0.1, 0.15) is 5.82 Å². The number of aromatic nitrogens is 2. The molecule has 15 heavy (non-hydrogen) atoms. The predicted octanol–water partition coefficient (Wildman–Crippen LogP) is 1.46. The number of nitrogens with one attached hydrogen (secondary N) is 1. The molecule has 78 valence electrons. The molecule has 0 fully saturated rings. The fourth-order valence-corrected chi connectivity index (χ4v) is 1.47. The molecule has 4 nitrogen and oxygen atoms in total. The second kappa shape index (κ2) is 3.82. The van der Waals surface area contributed by atoms with Crippen molar-refractivity contribution in [2.24, 2.45) is 0 Å². The van der Waals surface area contributed by atoms with Gasteiger partial charge in [0.05, 0.1) is 6.54 Å². The van der Waals surface area contributed by atoms with Crippen LogP contribution in [0.25, 0.3) is 0 Å². The molecule has 2 rings (SSSR count). The fourth-order valence-electron chi connectivity index (χ4n) is 1.34. The molecule has 0 bridgehead atoms. The van der Waals surface area contributed by atoms with Gasteiger partial charge in [-0.05, 0) is 17.7 Å². The van der Waals surface area contributed by atoms with Crippen molar-refractivity contribution in [2.75, 3.05) is 5.73 Å². The molecule has 0 saturated carbocycles. The molecule has 0 amide bonds. The van der Waals surface area contributed by atoms with Crippen LogP contribution in [0.2, 0.25) is 5.02 Å². The maximum Gasteiger partial charge on any atom is 0.268 e. The zero-order valence-corrected chi connectivity index (χ0v) is 8.66. The molecule has 0 aliphatic heterocycles. The van der Waals surface area contributed by atoms with Gasteiger partial charge in [-0.2, -0.15) is 0 Å². The molecular weight excluding hydrogens is 214 g/mol. The monoisotopic (exact) mass is 223 g/mol. The molecule has 1 aromatic carbocycles. The lowest BCUT2D eigenvalue weighted by atomic mass is 10.2. The number of hydrogen-bond donors (Lipinski definition) is 2. The highest BCUT2D eigenvalue weighted by atomic mass is 35.5. The van der Waals surface area contributed by atoms with Crippen molar-refractivity contribution in [1.29, 1.82) is 0 Å². The van der Waals surface area contributed by atoms with E-state index in [4.69, 9.17) is 17.3 Å². The lowest BCUT2D eigenvalue weighted by Crippen LogP contribution is -2.16. The lowest BCUT2D eigenvalue weighted by Gasteiger charge is -2.01. The zero-order chi connectivity index (χ0) is 10.8. The van der Waals surface area contributed by atoms with Crippen molar-refractivity contribution in [3.05, 3.63) is 51.3 Å². The van der Waals surface area contributed by atoms with Crippen molar-refractivity contribution in [3.8, 4) is 0 Å². The van der Waals surface area contributed by atoms with Crippen molar-refractivity contribution in [1.82, 2.24) is 9.78 Å². The smallest absolute Gasteiger partial charge is 0.268 e. The Balaban J connectivity index is 2.25. The van der Waals surface area contributed by atoms with Gasteiger partial charge in [-0.3, -0.25) is 9.89 Å². The summed E-state index contributed by atoms with van der Waals surface area (Å²) < 4.78 is 1.44. The van der Waals surface area contributed by atoms with E-state index >= 15 is 0 Å². The van der Waals surface area contributed by atoms with Gasteiger partial charge in [-0.25, -0.2) is 4.68 Å². The van der Waals surface area contributed by atoms with E-state index in [-0.39, 0.29) is 5.56 Å². The Hall–Kier alpha value is -1.68. The summed E-state index contributed by atoms with van der Waals surface area (Å²) in [6.45, 7) is 0.465. The molecule has 0 spiro atoms. The highest BCUT2D eigenvalue weighted by Gasteiger charge is 2.00. The van der Waals surface area contributed by atoms with E-state index in [0.29, 0.717) is 17.4 Å². The lowest BCUT2D eigenvalue weighted by molar-refractivity contribution is 0.667. The second-order valence-electron chi connectivity index (χ2n) is 3.26. The number of nitrogens with zero attached hydrogens (tertiary/aromatic N) is 1. The normalized spacial score (nSPS) is 10.5. The summed E-state index contributed by atoms with van der Waals surface area (Å²) in [6, 6.07) is 8.66. The standard InChI is InChI=1S/C10H10ClN3O/c11-8-3-1-7(2-4-8)6-14-10(15)5-9(12)13-14/h1-5,13H,6,12H2. The van der Waals surface area contributed by atoms with E-state index in [0.717, 1.165) is 5.56 Å². The first-order chi connectivity index (χ1) is 7.15. The van der Waals surface area contributed by atoms with Crippen LogP contribution in [0.1, 0.15) is 5.56 Å². The Labute approximate surface area is 91.3 Å². The minimum atomic E-state index is -0.137. The van der Waals surface area contributed by atoms with E-state index < -0.39 is 0 Å². The first-order valence-electron chi connectivity index (χ1n) is 4.45. The summed E-state index contributed by atoms with van der Waals surface area (Å²) in [5.74, 6) is 0.369. The molecular formula is C10H10ClN3O. The number of anilines is 1. The maximum absolute atomic E-state index is 11.3. The van der Waals surface area contributed by atoms with E-state index in [9.17, 15) is 4.79 Å². The average Bonchev–Trinajstić information content (AvgIpc) is 2.49. The quantitative estimate of drug-likeness (QED) is 0.810. The van der Waals surface area contributed by atoms with Crippen molar-refractivity contribution in [2.45, 2.75) is 6.54 Å². The van der Waals surface area contributed by atoms with Crippen LogP contribution in [-0.4, -0.2) is 9.78 Å². The van der Waals surface area contributed by atoms with Gasteiger partial charge in [0.15, 0.2) is 0 Å². The van der Waals surface area contributed by atoms with E-state index in [1.54, 1.807) is 12.1 Å². The number of aromatic amines is 1. The third kappa shape index (κ3) is 2.22. The number of rotatable bonds is 2. The van der Waals surface area contributed by atoms with Crippen molar-refractivity contribution >= 4 is 17.4 Å². The number of halogens is 1. The van der Waals surface area contributed by atoms with E-state index in [1.807, 2.05) is 12.1 Å². The second-order valence-corrected chi connectivity index (χ2v) is 3.70. The highest BCUT2D eigenvalue weighted by Crippen LogP contribution is 2.09. The summed E-state index contributed by atoms with van der Waals surface area (Å²) in [6.07, 6.45) is 0. The van der Waals surface area contributed by atoms with Gasteiger partial charge in [0.25, 0.3) is 5.56 Å². The molecule has 0 aliphatic rings. The van der Waals surface area contributed by atoms with Crippen LogP contribution in [0.3, 0.4) is 0 Å². The molecule has 1 aromatic heterocycles. The van der Waals surface area contributed by atoms with Crippen LogP contribution < -0.4 is 11.3 Å². The average molecular weight is 224 g/mol. The molecule has 0 saturated heterocycles. The van der Waals surface area contributed by atoms with Gasteiger partial charge in [0.2, 0.25) is 0 Å². The fraction of sp³-hybridized carbons (Fsp3) is 0.100. The molecule has 5 heteroatoms. The number of benzene rings is 1. The number of nitrogen functional groups attached to an aromatic ring is 1. The van der Waals surface area contributed by atoms with Gasteiger partial charge in [-0.15, -0.1) is 0 Å². The van der Waals surface area contributed by atoms with Crippen LogP contribution in [0.5, 0.6) is 0 Å². The first-order valence-corrected chi connectivity index (χ1v) is 4.83. The van der Waals surface area contributed by atoms with Gasteiger partial charge in [-0.1, -0.05) is 23.7 Å². The molecule has 0 radical (unpaired) electrons. The summed E-state index contributed by atoms with van der Waals surface area (Å²) in [5, 5.41) is 3.43. The third-order valence-corrected chi connectivity index (χ3v) is 2.31. The predicted molar refractivity (Wildman–Crippen MR) is 60.0 cm³/mol. The van der Waals surface area contributed by atoms with Gasteiger partial charge < -0.3 is 5.73 Å². The highest BCUT2D eigenvalue weighted by molar-refractivity contribution is 6.30. The van der Waals surface area contributed by atoms with Crippen LogP contribution in [0.15, 0.2) is 35.1 Å². The Morgan fingerprint density at radius 1 is 1.33 bits per heavy atom. The molecule has 1 heterocycles.